The summed E-state index contributed by atoms with van der Waals surface area (Å²) in [7, 11) is 0. The maximum absolute atomic E-state index is 14.1. The van der Waals surface area contributed by atoms with Crippen LogP contribution in [0.15, 0.2) is 60.7 Å². The Balaban J connectivity index is 1.85. The molecular formula is C22H15ClF3N3. The van der Waals surface area contributed by atoms with E-state index in [1.165, 1.54) is 4.68 Å². The average Bonchev–Trinajstić information content (AvgIpc) is 3.48. The van der Waals surface area contributed by atoms with Gasteiger partial charge in [-0.3, -0.25) is 0 Å². The zero-order chi connectivity index (χ0) is 20.2. The largest absolute Gasteiger partial charge is 0.417 e. The first-order valence-corrected chi connectivity index (χ1v) is 9.62. The van der Waals surface area contributed by atoms with Crippen LogP contribution in [0, 0.1) is 0 Å². The standard InChI is InChI=1S/C22H15ClF3N3/c23-15-10-8-13(9-11-15)18-12-17(22(24,25)26)19-20(14-6-7-14)28-29(21(19)27-18)16-4-2-1-3-5-16/h1-5,8-12,14H,6-7H2. The van der Waals surface area contributed by atoms with Crippen LogP contribution in [0.1, 0.15) is 30.0 Å². The first-order valence-electron chi connectivity index (χ1n) is 9.24. The number of hydrogen-bond acceptors (Lipinski definition) is 2. The van der Waals surface area contributed by atoms with Crippen LogP contribution < -0.4 is 0 Å². The molecule has 1 aliphatic carbocycles. The van der Waals surface area contributed by atoms with E-state index >= 15 is 0 Å². The van der Waals surface area contributed by atoms with E-state index in [0.717, 1.165) is 18.9 Å². The van der Waals surface area contributed by atoms with E-state index in [1.54, 1.807) is 24.3 Å². The van der Waals surface area contributed by atoms with Crippen molar-refractivity contribution in [3.05, 3.63) is 76.9 Å². The van der Waals surface area contributed by atoms with Crippen molar-refractivity contribution in [1.29, 1.82) is 0 Å². The Labute approximate surface area is 169 Å². The second kappa shape index (κ2) is 6.59. The Morgan fingerprint density at radius 1 is 0.966 bits per heavy atom. The van der Waals surface area contributed by atoms with E-state index in [2.05, 4.69) is 10.1 Å². The summed E-state index contributed by atoms with van der Waals surface area (Å²) in [6.45, 7) is 0. The molecule has 0 bridgehead atoms. The van der Waals surface area contributed by atoms with Gasteiger partial charge in [0, 0.05) is 16.5 Å². The van der Waals surface area contributed by atoms with E-state index in [4.69, 9.17) is 11.6 Å². The molecule has 1 saturated carbocycles. The Bertz CT molecular complexity index is 1190. The molecule has 1 aliphatic rings. The fraction of sp³-hybridized carbons (Fsp3) is 0.182. The smallest absolute Gasteiger partial charge is 0.228 e. The van der Waals surface area contributed by atoms with Crippen LogP contribution in [-0.4, -0.2) is 14.8 Å². The lowest BCUT2D eigenvalue weighted by Crippen LogP contribution is -2.08. The highest BCUT2D eigenvalue weighted by Crippen LogP contribution is 2.46. The van der Waals surface area contributed by atoms with Gasteiger partial charge in [0.15, 0.2) is 5.65 Å². The molecular weight excluding hydrogens is 399 g/mol. The monoisotopic (exact) mass is 413 g/mol. The Morgan fingerprint density at radius 2 is 1.66 bits per heavy atom. The van der Waals surface area contributed by atoms with Crippen molar-refractivity contribution in [3.8, 4) is 16.9 Å². The molecule has 0 amide bonds. The van der Waals surface area contributed by atoms with Crippen molar-refractivity contribution in [2.24, 2.45) is 0 Å². The molecule has 0 N–H and O–H groups in total. The molecule has 0 spiro atoms. The van der Waals surface area contributed by atoms with Crippen LogP contribution >= 0.6 is 11.6 Å². The lowest BCUT2D eigenvalue weighted by atomic mass is 10.0. The molecule has 2 aromatic carbocycles. The van der Waals surface area contributed by atoms with Crippen molar-refractivity contribution >= 4 is 22.6 Å². The highest BCUT2D eigenvalue weighted by atomic mass is 35.5. The second-order valence-electron chi connectivity index (χ2n) is 7.17. The Hall–Kier alpha value is -2.86. The van der Waals surface area contributed by atoms with E-state index in [-0.39, 0.29) is 22.6 Å². The molecule has 4 aromatic rings. The van der Waals surface area contributed by atoms with E-state index < -0.39 is 11.7 Å². The van der Waals surface area contributed by atoms with E-state index in [0.29, 0.717) is 22.0 Å². The zero-order valence-corrected chi connectivity index (χ0v) is 15.9. The SMILES string of the molecule is FC(F)(F)c1cc(-c2ccc(Cl)cc2)nc2c1c(C1CC1)nn2-c1ccccc1. The van der Waals surface area contributed by atoms with Crippen molar-refractivity contribution in [2.75, 3.05) is 0 Å². The van der Waals surface area contributed by atoms with Gasteiger partial charge >= 0.3 is 6.18 Å². The summed E-state index contributed by atoms with van der Waals surface area (Å²) in [6.07, 6.45) is -2.83. The number of hydrogen-bond donors (Lipinski definition) is 0. The first kappa shape index (κ1) is 18.2. The molecule has 0 saturated heterocycles. The molecule has 7 heteroatoms. The van der Waals surface area contributed by atoms with Crippen molar-refractivity contribution in [2.45, 2.75) is 24.9 Å². The van der Waals surface area contributed by atoms with Gasteiger partial charge < -0.3 is 0 Å². The third kappa shape index (κ3) is 3.27. The summed E-state index contributed by atoms with van der Waals surface area (Å²) < 4.78 is 43.7. The lowest BCUT2D eigenvalue weighted by molar-refractivity contribution is -0.136. The third-order valence-corrected chi connectivity index (χ3v) is 5.33. The fourth-order valence-electron chi connectivity index (χ4n) is 3.53. The molecule has 146 valence electrons. The van der Waals surface area contributed by atoms with Crippen LogP contribution in [0.25, 0.3) is 28.0 Å². The van der Waals surface area contributed by atoms with Gasteiger partial charge in [0.1, 0.15) is 0 Å². The van der Waals surface area contributed by atoms with Gasteiger partial charge in [-0.15, -0.1) is 0 Å². The average molecular weight is 414 g/mol. The number of rotatable bonds is 3. The van der Waals surface area contributed by atoms with Gasteiger partial charge in [0.05, 0.1) is 28.0 Å². The van der Waals surface area contributed by atoms with E-state index in [1.807, 2.05) is 30.3 Å². The maximum atomic E-state index is 14.1. The second-order valence-corrected chi connectivity index (χ2v) is 7.60. The Kier molecular flexibility index (Phi) is 4.13. The summed E-state index contributed by atoms with van der Waals surface area (Å²) in [5.74, 6) is 0.0479. The summed E-state index contributed by atoms with van der Waals surface area (Å²) >= 11 is 5.93. The molecule has 3 nitrogen and oxygen atoms in total. The predicted molar refractivity (Wildman–Crippen MR) is 106 cm³/mol. The van der Waals surface area contributed by atoms with Crippen molar-refractivity contribution in [1.82, 2.24) is 14.8 Å². The number of aromatic nitrogens is 3. The molecule has 1 fully saturated rings. The number of pyridine rings is 1. The van der Waals surface area contributed by atoms with Crippen LogP contribution in [0.2, 0.25) is 5.02 Å². The van der Waals surface area contributed by atoms with Gasteiger partial charge in [-0.25, -0.2) is 9.67 Å². The number of nitrogens with zero attached hydrogens (tertiary/aromatic N) is 3. The molecule has 29 heavy (non-hydrogen) atoms. The molecule has 5 rings (SSSR count). The van der Waals surface area contributed by atoms with Gasteiger partial charge in [-0.2, -0.15) is 18.3 Å². The predicted octanol–water partition coefficient (Wildman–Crippen LogP) is 6.64. The van der Waals surface area contributed by atoms with Gasteiger partial charge in [-0.05, 0) is 43.2 Å². The van der Waals surface area contributed by atoms with Crippen LogP contribution in [-0.2, 0) is 6.18 Å². The third-order valence-electron chi connectivity index (χ3n) is 5.08. The molecule has 0 atom stereocenters. The number of para-hydroxylation sites is 1. The van der Waals surface area contributed by atoms with Crippen LogP contribution in [0.3, 0.4) is 0 Å². The van der Waals surface area contributed by atoms with Crippen LogP contribution in [0.4, 0.5) is 13.2 Å². The molecule has 0 radical (unpaired) electrons. The fourth-order valence-corrected chi connectivity index (χ4v) is 3.65. The summed E-state index contributed by atoms with van der Waals surface area (Å²) in [5, 5.41) is 5.19. The quantitative estimate of drug-likeness (QED) is 0.377. The minimum absolute atomic E-state index is 0.0479. The topological polar surface area (TPSA) is 30.7 Å². The number of fused-ring (bicyclic) bond motifs is 1. The van der Waals surface area contributed by atoms with Gasteiger partial charge in [0.25, 0.3) is 0 Å². The highest BCUT2D eigenvalue weighted by Gasteiger charge is 2.39. The molecule has 0 unspecified atom stereocenters. The summed E-state index contributed by atoms with van der Waals surface area (Å²) in [4.78, 5) is 4.61. The molecule has 2 heterocycles. The highest BCUT2D eigenvalue weighted by molar-refractivity contribution is 6.30. The number of halogens is 4. The first-order chi connectivity index (χ1) is 13.9. The molecule has 2 aromatic heterocycles. The number of alkyl halides is 3. The summed E-state index contributed by atoms with van der Waals surface area (Å²) in [5.41, 5.74) is 1.48. The van der Waals surface area contributed by atoms with E-state index in [9.17, 15) is 13.2 Å². The van der Waals surface area contributed by atoms with Crippen molar-refractivity contribution in [3.63, 3.8) is 0 Å². The van der Waals surface area contributed by atoms with Crippen LogP contribution in [0.5, 0.6) is 0 Å². The Morgan fingerprint density at radius 3 is 2.28 bits per heavy atom. The maximum Gasteiger partial charge on any atom is 0.417 e. The zero-order valence-electron chi connectivity index (χ0n) is 15.1. The summed E-state index contributed by atoms with van der Waals surface area (Å²) in [6, 6.07) is 16.9. The minimum Gasteiger partial charge on any atom is -0.228 e. The minimum atomic E-state index is -4.52. The molecule has 0 aliphatic heterocycles. The van der Waals surface area contributed by atoms with Gasteiger partial charge in [0.2, 0.25) is 0 Å². The normalized spacial score (nSPS) is 14.5. The van der Waals surface area contributed by atoms with Crippen molar-refractivity contribution < 1.29 is 13.2 Å². The van der Waals surface area contributed by atoms with Gasteiger partial charge in [-0.1, -0.05) is 41.9 Å². The number of benzene rings is 2. The lowest BCUT2D eigenvalue weighted by Gasteiger charge is -2.12.